The van der Waals surface area contributed by atoms with E-state index in [4.69, 9.17) is 5.73 Å². The van der Waals surface area contributed by atoms with Gasteiger partial charge in [0.1, 0.15) is 0 Å². The van der Waals surface area contributed by atoms with Crippen LogP contribution < -0.4 is 16.4 Å². The molecular formula is C18H29N3O. The van der Waals surface area contributed by atoms with Crippen LogP contribution in [0.25, 0.3) is 0 Å². The van der Waals surface area contributed by atoms with Gasteiger partial charge in [0, 0.05) is 17.6 Å². The molecule has 1 aliphatic carbocycles. The Balaban J connectivity index is 2.01. The Labute approximate surface area is 133 Å². The fourth-order valence-corrected chi connectivity index (χ4v) is 3.00. The minimum absolute atomic E-state index is 0.0702. The zero-order valence-corrected chi connectivity index (χ0v) is 13.8. The fourth-order valence-electron chi connectivity index (χ4n) is 3.00. The molecule has 0 heterocycles. The smallest absolute Gasteiger partial charge is 0.251 e. The maximum atomic E-state index is 12.0. The minimum Gasteiger partial charge on any atom is -0.397 e. The van der Waals surface area contributed by atoms with Crippen LogP contribution in [-0.2, 0) is 0 Å². The SMILES string of the molecule is CC(C)NC(=O)c1ccc(NC2CCCCCCC2)c(N)c1. The van der Waals surface area contributed by atoms with E-state index in [2.05, 4.69) is 10.6 Å². The molecule has 1 aliphatic rings. The zero-order chi connectivity index (χ0) is 15.9. The first-order valence-corrected chi connectivity index (χ1v) is 8.53. The van der Waals surface area contributed by atoms with Crippen molar-refractivity contribution in [1.29, 1.82) is 0 Å². The van der Waals surface area contributed by atoms with Crippen LogP contribution in [0, 0.1) is 0 Å². The van der Waals surface area contributed by atoms with Crippen LogP contribution in [0.15, 0.2) is 18.2 Å². The van der Waals surface area contributed by atoms with Crippen molar-refractivity contribution in [2.24, 2.45) is 0 Å². The molecule has 0 bridgehead atoms. The monoisotopic (exact) mass is 303 g/mol. The van der Waals surface area contributed by atoms with E-state index in [1.54, 1.807) is 6.07 Å². The highest BCUT2D eigenvalue weighted by molar-refractivity contribution is 5.96. The van der Waals surface area contributed by atoms with Gasteiger partial charge in [0.2, 0.25) is 0 Å². The minimum atomic E-state index is -0.0702. The summed E-state index contributed by atoms with van der Waals surface area (Å²) in [6.45, 7) is 3.90. The number of nitrogens with one attached hydrogen (secondary N) is 2. The summed E-state index contributed by atoms with van der Waals surface area (Å²) < 4.78 is 0. The van der Waals surface area contributed by atoms with Gasteiger partial charge in [0.25, 0.3) is 5.91 Å². The van der Waals surface area contributed by atoms with Crippen molar-refractivity contribution in [3.63, 3.8) is 0 Å². The van der Waals surface area contributed by atoms with Gasteiger partial charge in [-0.05, 0) is 44.9 Å². The lowest BCUT2D eigenvalue weighted by Gasteiger charge is -2.23. The molecule has 0 radical (unpaired) electrons. The first-order valence-electron chi connectivity index (χ1n) is 8.53. The fraction of sp³-hybridized carbons (Fsp3) is 0.611. The Morgan fingerprint density at radius 2 is 1.77 bits per heavy atom. The van der Waals surface area contributed by atoms with Gasteiger partial charge in [-0.25, -0.2) is 0 Å². The first kappa shape index (κ1) is 16.7. The second-order valence-electron chi connectivity index (χ2n) is 6.62. The Bertz CT molecular complexity index is 491. The number of rotatable bonds is 4. The number of benzene rings is 1. The van der Waals surface area contributed by atoms with Gasteiger partial charge in [-0.15, -0.1) is 0 Å². The van der Waals surface area contributed by atoms with Crippen molar-refractivity contribution in [3.05, 3.63) is 23.8 Å². The first-order chi connectivity index (χ1) is 10.6. The molecular weight excluding hydrogens is 274 g/mol. The van der Waals surface area contributed by atoms with E-state index in [0.29, 0.717) is 17.3 Å². The molecule has 122 valence electrons. The molecule has 0 aliphatic heterocycles. The predicted octanol–water partition coefficient (Wildman–Crippen LogP) is 3.93. The molecule has 2 rings (SSSR count). The Hall–Kier alpha value is -1.71. The van der Waals surface area contributed by atoms with Gasteiger partial charge < -0.3 is 16.4 Å². The molecule has 1 fully saturated rings. The molecule has 0 spiro atoms. The number of carbonyl (C=O) groups excluding carboxylic acids is 1. The van der Waals surface area contributed by atoms with E-state index in [1.165, 1.54) is 44.9 Å². The van der Waals surface area contributed by atoms with Crippen LogP contribution >= 0.6 is 0 Å². The average molecular weight is 303 g/mol. The molecule has 1 aromatic carbocycles. The lowest BCUT2D eigenvalue weighted by molar-refractivity contribution is 0.0943. The summed E-state index contributed by atoms with van der Waals surface area (Å²) in [6.07, 6.45) is 9.02. The van der Waals surface area contributed by atoms with Crippen molar-refractivity contribution in [2.75, 3.05) is 11.1 Å². The van der Waals surface area contributed by atoms with E-state index in [1.807, 2.05) is 26.0 Å². The van der Waals surface area contributed by atoms with Crippen molar-refractivity contribution in [2.45, 2.75) is 70.9 Å². The van der Waals surface area contributed by atoms with Gasteiger partial charge in [0.15, 0.2) is 0 Å². The third kappa shape index (κ3) is 4.93. The van der Waals surface area contributed by atoms with Crippen molar-refractivity contribution >= 4 is 17.3 Å². The van der Waals surface area contributed by atoms with E-state index >= 15 is 0 Å². The molecule has 1 aromatic rings. The summed E-state index contributed by atoms with van der Waals surface area (Å²) in [4.78, 5) is 12.0. The third-order valence-corrected chi connectivity index (χ3v) is 4.20. The van der Waals surface area contributed by atoms with Gasteiger partial charge in [-0.3, -0.25) is 4.79 Å². The third-order valence-electron chi connectivity index (χ3n) is 4.20. The van der Waals surface area contributed by atoms with E-state index in [-0.39, 0.29) is 11.9 Å². The summed E-state index contributed by atoms with van der Waals surface area (Å²) in [6, 6.07) is 6.17. The number of carbonyl (C=O) groups is 1. The lowest BCUT2D eigenvalue weighted by atomic mass is 9.96. The molecule has 0 atom stereocenters. The summed E-state index contributed by atoms with van der Waals surface area (Å²) >= 11 is 0. The number of anilines is 2. The lowest BCUT2D eigenvalue weighted by Crippen LogP contribution is -2.30. The molecule has 4 heteroatoms. The molecule has 1 saturated carbocycles. The summed E-state index contributed by atoms with van der Waals surface area (Å²) in [5, 5.41) is 6.45. The van der Waals surface area contributed by atoms with E-state index < -0.39 is 0 Å². The van der Waals surface area contributed by atoms with Crippen LogP contribution in [0.5, 0.6) is 0 Å². The highest BCUT2D eigenvalue weighted by Gasteiger charge is 2.14. The zero-order valence-electron chi connectivity index (χ0n) is 13.8. The number of hydrogen-bond donors (Lipinski definition) is 3. The van der Waals surface area contributed by atoms with Crippen LogP contribution in [0.4, 0.5) is 11.4 Å². The van der Waals surface area contributed by atoms with Crippen LogP contribution in [0.1, 0.15) is 69.2 Å². The topological polar surface area (TPSA) is 67.2 Å². The summed E-state index contributed by atoms with van der Waals surface area (Å²) in [7, 11) is 0. The highest BCUT2D eigenvalue weighted by atomic mass is 16.1. The van der Waals surface area contributed by atoms with Gasteiger partial charge in [-0.1, -0.05) is 32.1 Å². The van der Waals surface area contributed by atoms with E-state index in [9.17, 15) is 4.79 Å². The summed E-state index contributed by atoms with van der Waals surface area (Å²) in [5.74, 6) is -0.0702. The Kier molecular flexibility index (Phi) is 6.10. The average Bonchev–Trinajstić information content (AvgIpc) is 2.42. The molecule has 0 unspecified atom stereocenters. The van der Waals surface area contributed by atoms with Crippen molar-refractivity contribution in [3.8, 4) is 0 Å². The summed E-state index contributed by atoms with van der Waals surface area (Å²) in [5.41, 5.74) is 8.36. The maximum absolute atomic E-state index is 12.0. The van der Waals surface area contributed by atoms with Crippen LogP contribution in [0.2, 0.25) is 0 Å². The van der Waals surface area contributed by atoms with Crippen LogP contribution in [0.3, 0.4) is 0 Å². The quantitative estimate of drug-likeness (QED) is 0.738. The van der Waals surface area contributed by atoms with Crippen LogP contribution in [-0.4, -0.2) is 18.0 Å². The largest absolute Gasteiger partial charge is 0.397 e. The van der Waals surface area contributed by atoms with Crippen molar-refractivity contribution < 1.29 is 4.79 Å². The standard InChI is InChI=1S/C18H29N3O/c1-13(2)20-18(22)14-10-11-17(16(19)12-14)21-15-8-6-4-3-5-7-9-15/h10-13,15,21H,3-9,19H2,1-2H3,(H,20,22). The number of amides is 1. The van der Waals surface area contributed by atoms with Crippen molar-refractivity contribution in [1.82, 2.24) is 5.32 Å². The van der Waals surface area contributed by atoms with Gasteiger partial charge in [0.05, 0.1) is 11.4 Å². The second-order valence-corrected chi connectivity index (χ2v) is 6.62. The maximum Gasteiger partial charge on any atom is 0.251 e. The van der Waals surface area contributed by atoms with E-state index in [0.717, 1.165) is 5.69 Å². The molecule has 1 amide bonds. The second kappa shape index (κ2) is 8.06. The number of hydrogen-bond acceptors (Lipinski definition) is 3. The van der Waals surface area contributed by atoms with Gasteiger partial charge >= 0.3 is 0 Å². The molecule has 0 saturated heterocycles. The molecule has 4 N–H and O–H groups in total. The molecule has 0 aromatic heterocycles. The Morgan fingerprint density at radius 3 is 2.36 bits per heavy atom. The molecule has 4 nitrogen and oxygen atoms in total. The number of nitrogens with two attached hydrogens (primary N) is 1. The molecule has 22 heavy (non-hydrogen) atoms. The normalized spacial score (nSPS) is 16.9. The predicted molar refractivity (Wildman–Crippen MR) is 93.2 cm³/mol. The van der Waals surface area contributed by atoms with Gasteiger partial charge in [-0.2, -0.15) is 0 Å². The number of nitrogen functional groups attached to an aromatic ring is 1. The highest BCUT2D eigenvalue weighted by Crippen LogP contribution is 2.25. The Morgan fingerprint density at radius 1 is 1.14 bits per heavy atom.